The molecule has 1 fully saturated rings. The fourth-order valence-corrected chi connectivity index (χ4v) is 3.88. The third-order valence-electron chi connectivity index (χ3n) is 3.95. The Balaban J connectivity index is 1.50. The molecule has 3 aromatic heterocycles. The highest BCUT2D eigenvalue weighted by Crippen LogP contribution is 2.32. The Bertz CT molecular complexity index is 792. The molecule has 3 aromatic rings. The van der Waals surface area contributed by atoms with E-state index >= 15 is 0 Å². The van der Waals surface area contributed by atoms with E-state index in [0.717, 1.165) is 22.3 Å². The van der Waals surface area contributed by atoms with Gasteiger partial charge in [0, 0.05) is 18.1 Å². The maximum Gasteiger partial charge on any atom is 0.209 e. The van der Waals surface area contributed by atoms with Gasteiger partial charge in [-0.15, -0.1) is 5.10 Å². The molecule has 0 unspecified atom stereocenters. The summed E-state index contributed by atoms with van der Waals surface area (Å²) in [6.07, 6.45) is 8.74. The predicted molar refractivity (Wildman–Crippen MR) is 85.1 cm³/mol. The van der Waals surface area contributed by atoms with Crippen molar-refractivity contribution in [2.45, 2.75) is 42.6 Å². The molecule has 0 amide bonds. The average Bonchev–Trinajstić information content (AvgIpc) is 3.24. The molecule has 1 aliphatic carbocycles. The number of fused-ring (bicyclic) bond motifs is 1. The molecule has 0 saturated heterocycles. The van der Waals surface area contributed by atoms with E-state index in [4.69, 9.17) is 11.6 Å². The summed E-state index contributed by atoms with van der Waals surface area (Å²) in [6.45, 7) is 0. The molecule has 0 radical (unpaired) electrons. The number of aromatic nitrogens is 6. The minimum Gasteiger partial charge on any atom is -0.305 e. The summed E-state index contributed by atoms with van der Waals surface area (Å²) in [4.78, 5) is 4.59. The Morgan fingerprint density at radius 2 is 2.09 bits per heavy atom. The molecule has 114 valence electrons. The van der Waals surface area contributed by atoms with Crippen LogP contribution in [0.25, 0.3) is 5.65 Å². The number of halogens is 1. The van der Waals surface area contributed by atoms with Crippen LogP contribution < -0.4 is 0 Å². The Hall–Kier alpha value is -1.60. The number of rotatable bonds is 4. The van der Waals surface area contributed by atoms with E-state index in [2.05, 4.69) is 20.5 Å². The van der Waals surface area contributed by atoms with E-state index < -0.39 is 0 Å². The van der Waals surface area contributed by atoms with E-state index in [1.165, 1.54) is 25.7 Å². The van der Waals surface area contributed by atoms with Gasteiger partial charge in [-0.25, -0.2) is 9.67 Å². The summed E-state index contributed by atoms with van der Waals surface area (Å²) >= 11 is 7.63. The van der Waals surface area contributed by atoms with Crippen molar-refractivity contribution >= 4 is 29.0 Å². The minimum absolute atomic E-state index is 0.456. The van der Waals surface area contributed by atoms with Gasteiger partial charge in [0.25, 0.3) is 0 Å². The molecular weight excluding hydrogens is 320 g/mol. The van der Waals surface area contributed by atoms with Crippen molar-refractivity contribution in [1.29, 1.82) is 0 Å². The molecule has 0 N–H and O–H groups in total. The fourth-order valence-electron chi connectivity index (χ4n) is 2.88. The highest BCUT2D eigenvalue weighted by atomic mass is 35.5. The van der Waals surface area contributed by atoms with Gasteiger partial charge >= 0.3 is 0 Å². The van der Waals surface area contributed by atoms with E-state index in [1.54, 1.807) is 11.8 Å². The van der Waals surface area contributed by atoms with Crippen molar-refractivity contribution in [2.24, 2.45) is 0 Å². The van der Waals surface area contributed by atoms with Crippen molar-refractivity contribution < 1.29 is 0 Å². The molecule has 1 saturated carbocycles. The van der Waals surface area contributed by atoms with Gasteiger partial charge in [-0.3, -0.25) is 0 Å². The molecule has 0 atom stereocenters. The lowest BCUT2D eigenvalue weighted by molar-refractivity contribution is 0.423. The van der Waals surface area contributed by atoms with E-state index in [1.807, 2.05) is 33.6 Å². The van der Waals surface area contributed by atoms with E-state index in [9.17, 15) is 0 Å². The predicted octanol–water partition coefficient (Wildman–Crippen LogP) is 3.38. The highest BCUT2D eigenvalue weighted by molar-refractivity contribution is 7.98. The quantitative estimate of drug-likeness (QED) is 0.684. The Morgan fingerprint density at radius 1 is 1.23 bits per heavy atom. The fraction of sp³-hybridized carbons (Fsp3) is 0.429. The lowest BCUT2D eigenvalue weighted by Crippen LogP contribution is -2.08. The lowest BCUT2D eigenvalue weighted by atomic mass is 10.3. The van der Waals surface area contributed by atoms with Crippen LogP contribution in [0, 0.1) is 0 Å². The third kappa shape index (κ3) is 2.70. The largest absolute Gasteiger partial charge is 0.305 e. The minimum atomic E-state index is 0.456. The molecule has 1 aliphatic rings. The number of tetrazole rings is 1. The molecule has 0 bridgehead atoms. The standard InChI is InChI=1S/C14H15ClN6S/c15-10-5-6-13-16-11(8-20(13)7-10)9-22-14-17-18-19-21(14)12-3-1-2-4-12/h5-8,12H,1-4,9H2. The monoisotopic (exact) mass is 334 g/mol. The van der Waals surface area contributed by atoms with Crippen LogP contribution in [0.2, 0.25) is 5.02 Å². The van der Waals surface area contributed by atoms with Crippen LogP contribution in [0.15, 0.2) is 29.7 Å². The van der Waals surface area contributed by atoms with Gasteiger partial charge in [-0.1, -0.05) is 36.2 Å². The van der Waals surface area contributed by atoms with Crippen LogP contribution in [0.4, 0.5) is 0 Å². The van der Waals surface area contributed by atoms with Gasteiger partial charge in [-0.05, 0) is 35.4 Å². The molecular formula is C14H15ClN6S. The van der Waals surface area contributed by atoms with Crippen LogP contribution in [-0.2, 0) is 5.75 Å². The Kier molecular flexibility index (Phi) is 3.75. The number of pyridine rings is 1. The maximum atomic E-state index is 6.00. The molecule has 8 heteroatoms. The lowest BCUT2D eigenvalue weighted by Gasteiger charge is -2.10. The summed E-state index contributed by atoms with van der Waals surface area (Å²) in [6, 6.07) is 4.22. The highest BCUT2D eigenvalue weighted by Gasteiger charge is 2.21. The number of nitrogens with zero attached hydrogens (tertiary/aromatic N) is 6. The second-order valence-electron chi connectivity index (χ2n) is 5.48. The van der Waals surface area contributed by atoms with Crippen LogP contribution in [0.1, 0.15) is 37.4 Å². The number of imidazole rings is 1. The van der Waals surface area contributed by atoms with Crippen LogP contribution in [-0.4, -0.2) is 29.6 Å². The molecule has 3 heterocycles. The van der Waals surface area contributed by atoms with Crippen molar-refractivity contribution in [3.8, 4) is 0 Å². The number of hydrogen-bond acceptors (Lipinski definition) is 5. The first kappa shape index (κ1) is 14.0. The van der Waals surface area contributed by atoms with Crippen molar-refractivity contribution in [3.63, 3.8) is 0 Å². The molecule has 0 aromatic carbocycles. The van der Waals surface area contributed by atoms with Gasteiger partial charge in [-0.2, -0.15) is 0 Å². The van der Waals surface area contributed by atoms with Crippen LogP contribution in [0.5, 0.6) is 0 Å². The summed E-state index contributed by atoms with van der Waals surface area (Å²) in [5, 5.41) is 13.7. The topological polar surface area (TPSA) is 60.9 Å². The van der Waals surface area contributed by atoms with Crippen LogP contribution >= 0.6 is 23.4 Å². The maximum absolute atomic E-state index is 6.00. The van der Waals surface area contributed by atoms with Gasteiger partial charge in [0.05, 0.1) is 16.8 Å². The van der Waals surface area contributed by atoms with Gasteiger partial charge in [0.2, 0.25) is 5.16 Å². The first-order valence-corrected chi connectivity index (χ1v) is 8.70. The normalized spacial score (nSPS) is 15.9. The zero-order chi connectivity index (χ0) is 14.9. The molecule has 6 nitrogen and oxygen atoms in total. The summed E-state index contributed by atoms with van der Waals surface area (Å²) in [5.74, 6) is 0.742. The summed E-state index contributed by atoms with van der Waals surface area (Å²) < 4.78 is 3.92. The van der Waals surface area contributed by atoms with Crippen molar-refractivity contribution in [3.05, 3.63) is 35.2 Å². The molecule has 0 aliphatic heterocycles. The van der Waals surface area contributed by atoms with Crippen molar-refractivity contribution in [2.75, 3.05) is 0 Å². The second kappa shape index (κ2) is 5.89. The Labute approximate surface area is 136 Å². The molecule has 22 heavy (non-hydrogen) atoms. The summed E-state index contributed by atoms with van der Waals surface area (Å²) in [5.41, 5.74) is 1.89. The first-order chi connectivity index (χ1) is 10.8. The van der Waals surface area contributed by atoms with Gasteiger partial charge < -0.3 is 4.40 Å². The third-order valence-corrected chi connectivity index (χ3v) is 5.14. The molecule has 4 rings (SSSR count). The molecule has 0 spiro atoms. The van der Waals surface area contributed by atoms with Crippen LogP contribution in [0.3, 0.4) is 0 Å². The zero-order valence-corrected chi connectivity index (χ0v) is 13.5. The van der Waals surface area contributed by atoms with E-state index in [-0.39, 0.29) is 0 Å². The second-order valence-corrected chi connectivity index (χ2v) is 6.86. The Morgan fingerprint density at radius 3 is 2.95 bits per heavy atom. The van der Waals surface area contributed by atoms with E-state index in [0.29, 0.717) is 11.1 Å². The zero-order valence-electron chi connectivity index (χ0n) is 11.9. The smallest absolute Gasteiger partial charge is 0.209 e. The summed E-state index contributed by atoms with van der Waals surface area (Å²) in [7, 11) is 0. The number of hydrogen-bond donors (Lipinski definition) is 0. The van der Waals surface area contributed by atoms with Gasteiger partial charge in [0.1, 0.15) is 5.65 Å². The SMILES string of the molecule is Clc1ccc2nc(CSc3nnnn3C3CCCC3)cn2c1. The van der Waals surface area contributed by atoms with Crippen molar-refractivity contribution in [1.82, 2.24) is 29.6 Å². The average molecular weight is 335 g/mol. The number of thioether (sulfide) groups is 1. The first-order valence-electron chi connectivity index (χ1n) is 7.33. The van der Waals surface area contributed by atoms with Gasteiger partial charge in [0.15, 0.2) is 0 Å².